The molecule has 9 heteroatoms. The van der Waals surface area contributed by atoms with E-state index in [2.05, 4.69) is 15.2 Å². The summed E-state index contributed by atoms with van der Waals surface area (Å²) in [6.07, 6.45) is 4.29. The molecule has 3 aromatic carbocycles. The van der Waals surface area contributed by atoms with Gasteiger partial charge in [0.2, 0.25) is 0 Å². The Hall–Kier alpha value is -3.63. The number of nitrogens with zero attached hydrogens (tertiary/aromatic N) is 2. The standard InChI is InChI=1S/C36H38ClN3O5/c37-31-13-11-30(12-14-31)36(43)15-18-40(19-16-36)23-32-20-33(27-7-5-26(24-41)6-8-27)45-35(44-32)28-9-3-25(4-10-28)21-39-34(42)29-2-1-17-38-22-29/h1-14,17,22,32-33,35,41,43H,15-16,18-21,23-24H2,(H,39,42)/t32-,33+,35+/m1/s1. The van der Waals surface area contributed by atoms with Crippen molar-refractivity contribution in [3.05, 3.63) is 136 Å². The second-order valence-electron chi connectivity index (χ2n) is 11.9. The highest BCUT2D eigenvalue weighted by atomic mass is 35.5. The van der Waals surface area contributed by atoms with Crippen LogP contribution in [0.2, 0.25) is 5.02 Å². The Morgan fingerprint density at radius 2 is 1.62 bits per heavy atom. The number of amides is 1. The Kier molecular flexibility index (Phi) is 9.90. The smallest absolute Gasteiger partial charge is 0.253 e. The zero-order valence-corrected chi connectivity index (χ0v) is 25.8. The van der Waals surface area contributed by atoms with Crippen molar-refractivity contribution in [2.75, 3.05) is 19.6 Å². The van der Waals surface area contributed by atoms with E-state index >= 15 is 0 Å². The molecular formula is C36H38ClN3O5. The minimum Gasteiger partial charge on any atom is -0.392 e. The number of likely N-dealkylation sites (tertiary alicyclic amines) is 1. The predicted octanol–water partition coefficient (Wildman–Crippen LogP) is 5.69. The summed E-state index contributed by atoms with van der Waals surface area (Å²) < 4.78 is 13.1. The Bertz CT molecular complexity index is 1540. The molecule has 3 heterocycles. The van der Waals surface area contributed by atoms with Crippen molar-refractivity contribution in [1.82, 2.24) is 15.2 Å². The van der Waals surface area contributed by atoms with Gasteiger partial charge in [-0.3, -0.25) is 9.78 Å². The number of halogens is 1. The number of benzene rings is 3. The number of aliphatic hydroxyl groups is 2. The fourth-order valence-corrected chi connectivity index (χ4v) is 6.18. The lowest BCUT2D eigenvalue weighted by molar-refractivity contribution is -0.253. The van der Waals surface area contributed by atoms with E-state index in [0.29, 0.717) is 36.4 Å². The summed E-state index contributed by atoms with van der Waals surface area (Å²) in [4.78, 5) is 18.8. The molecule has 3 N–H and O–H groups in total. The molecule has 1 aromatic heterocycles. The van der Waals surface area contributed by atoms with Crippen LogP contribution in [-0.2, 0) is 28.2 Å². The summed E-state index contributed by atoms with van der Waals surface area (Å²) in [5.74, 6) is -0.173. The number of pyridine rings is 1. The van der Waals surface area contributed by atoms with Crippen molar-refractivity contribution < 1.29 is 24.5 Å². The SMILES string of the molecule is O=C(NCc1ccc([C@H]2O[C@@H](CN3CCC(O)(c4ccc(Cl)cc4)CC3)C[C@@H](c3ccc(CO)cc3)O2)cc1)c1cccnc1. The summed E-state index contributed by atoms with van der Waals surface area (Å²) >= 11 is 6.07. The Morgan fingerprint density at radius 3 is 2.29 bits per heavy atom. The van der Waals surface area contributed by atoms with E-state index in [4.69, 9.17) is 21.1 Å². The molecule has 2 saturated heterocycles. The van der Waals surface area contributed by atoms with Crippen LogP contribution in [0.4, 0.5) is 0 Å². The highest BCUT2D eigenvalue weighted by Crippen LogP contribution is 2.39. The van der Waals surface area contributed by atoms with Gasteiger partial charge in [0.15, 0.2) is 6.29 Å². The largest absolute Gasteiger partial charge is 0.392 e. The lowest BCUT2D eigenvalue weighted by atomic mass is 9.84. The average molecular weight is 628 g/mol. The first-order chi connectivity index (χ1) is 21.9. The van der Waals surface area contributed by atoms with Crippen LogP contribution in [0.25, 0.3) is 0 Å². The van der Waals surface area contributed by atoms with Gasteiger partial charge >= 0.3 is 0 Å². The van der Waals surface area contributed by atoms with E-state index in [1.807, 2.05) is 72.8 Å². The van der Waals surface area contributed by atoms with Gasteiger partial charge in [0.25, 0.3) is 5.91 Å². The van der Waals surface area contributed by atoms with E-state index in [1.54, 1.807) is 24.5 Å². The highest BCUT2D eigenvalue weighted by Gasteiger charge is 2.37. The van der Waals surface area contributed by atoms with Gasteiger partial charge in [-0.2, -0.15) is 0 Å². The molecule has 3 atom stereocenters. The molecule has 2 aliphatic heterocycles. The number of piperidine rings is 1. The quantitative estimate of drug-likeness (QED) is 0.219. The van der Waals surface area contributed by atoms with Gasteiger partial charge < -0.3 is 29.9 Å². The minimum atomic E-state index is -0.865. The maximum Gasteiger partial charge on any atom is 0.253 e. The molecule has 0 bridgehead atoms. The van der Waals surface area contributed by atoms with E-state index in [-0.39, 0.29) is 24.7 Å². The molecule has 2 fully saturated rings. The number of carbonyl (C=O) groups excluding carboxylic acids is 1. The molecule has 1 amide bonds. The number of ether oxygens (including phenoxy) is 2. The van der Waals surface area contributed by atoms with Crippen LogP contribution in [0.3, 0.4) is 0 Å². The van der Waals surface area contributed by atoms with Crippen molar-refractivity contribution in [3.8, 4) is 0 Å². The van der Waals surface area contributed by atoms with Crippen molar-refractivity contribution in [3.63, 3.8) is 0 Å². The number of carbonyl (C=O) groups is 1. The number of rotatable bonds is 9. The summed E-state index contributed by atoms with van der Waals surface area (Å²) in [7, 11) is 0. The van der Waals surface area contributed by atoms with Crippen molar-refractivity contribution in [2.24, 2.45) is 0 Å². The molecule has 0 saturated carbocycles. The number of aromatic nitrogens is 1. The molecule has 4 aromatic rings. The first kappa shape index (κ1) is 31.4. The lowest BCUT2D eigenvalue weighted by Crippen LogP contribution is -2.46. The topological polar surface area (TPSA) is 104 Å². The average Bonchev–Trinajstić information content (AvgIpc) is 3.09. The van der Waals surface area contributed by atoms with Crippen molar-refractivity contribution >= 4 is 17.5 Å². The second-order valence-corrected chi connectivity index (χ2v) is 12.3. The zero-order chi connectivity index (χ0) is 31.2. The van der Waals surface area contributed by atoms with E-state index in [9.17, 15) is 15.0 Å². The molecule has 2 aliphatic rings. The van der Waals surface area contributed by atoms with Crippen LogP contribution in [0.15, 0.2) is 97.3 Å². The fraction of sp³-hybridized carbons (Fsp3) is 0.333. The maximum atomic E-state index is 12.4. The van der Waals surface area contributed by atoms with Gasteiger partial charge in [-0.15, -0.1) is 0 Å². The number of hydrogen-bond donors (Lipinski definition) is 3. The zero-order valence-electron chi connectivity index (χ0n) is 25.0. The Balaban J connectivity index is 1.12. The molecule has 0 radical (unpaired) electrons. The van der Waals surface area contributed by atoms with Crippen LogP contribution >= 0.6 is 11.6 Å². The molecule has 45 heavy (non-hydrogen) atoms. The van der Waals surface area contributed by atoms with Gasteiger partial charge in [-0.1, -0.05) is 72.3 Å². The maximum absolute atomic E-state index is 12.4. The number of nitrogens with one attached hydrogen (secondary N) is 1. The predicted molar refractivity (Wildman–Crippen MR) is 171 cm³/mol. The van der Waals surface area contributed by atoms with Crippen LogP contribution in [0.5, 0.6) is 0 Å². The third-order valence-corrected chi connectivity index (χ3v) is 9.02. The molecule has 6 rings (SSSR count). The van der Waals surface area contributed by atoms with Gasteiger partial charge in [0.05, 0.1) is 30.0 Å². The number of aliphatic hydroxyl groups excluding tert-OH is 1. The Labute approximate surface area is 268 Å². The first-order valence-corrected chi connectivity index (χ1v) is 15.7. The number of hydrogen-bond acceptors (Lipinski definition) is 7. The van der Waals surface area contributed by atoms with Gasteiger partial charge in [-0.05, 0) is 59.4 Å². The lowest BCUT2D eigenvalue weighted by Gasteiger charge is -2.42. The van der Waals surface area contributed by atoms with Crippen molar-refractivity contribution in [1.29, 1.82) is 0 Å². The third kappa shape index (κ3) is 7.79. The molecule has 0 aliphatic carbocycles. The highest BCUT2D eigenvalue weighted by molar-refractivity contribution is 6.30. The fourth-order valence-electron chi connectivity index (χ4n) is 6.05. The van der Waals surface area contributed by atoms with Crippen LogP contribution in [0.1, 0.15) is 69.8 Å². The molecular weight excluding hydrogens is 590 g/mol. The molecule has 0 spiro atoms. The van der Waals surface area contributed by atoms with E-state index in [1.165, 1.54) is 0 Å². The summed E-state index contributed by atoms with van der Waals surface area (Å²) in [5, 5.41) is 24.5. The first-order valence-electron chi connectivity index (χ1n) is 15.4. The second kappa shape index (κ2) is 14.2. The van der Waals surface area contributed by atoms with Gasteiger partial charge in [-0.25, -0.2) is 0 Å². The summed E-state index contributed by atoms with van der Waals surface area (Å²) in [6, 6.07) is 26.7. The minimum absolute atomic E-state index is 0.00741. The summed E-state index contributed by atoms with van der Waals surface area (Å²) in [5.41, 5.74) is 4.31. The monoisotopic (exact) mass is 627 g/mol. The van der Waals surface area contributed by atoms with Gasteiger partial charge in [0, 0.05) is 55.6 Å². The Morgan fingerprint density at radius 1 is 0.933 bits per heavy atom. The van der Waals surface area contributed by atoms with E-state index < -0.39 is 11.9 Å². The van der Waals surface area contributed by atoms with E-state index in [0.717, 1.165) is 47.5 Å². The molecule has 234 valence electrons. The molecule has 8 nitrogen and oxygen atoms in total. The molecule has 0 unspecified atom stereocenters. The van der Waals surface area contributed by atoms with Crippen LogP contribution < -0.4 is 5.32 Å². The van der Waals surface area contributed by atoms with Crippen molar-refractivity contribution in [2.45, 2.75) is 56.5 Å². The summed E-state index contributed by atoms with van der Waals surface area (Å²) in [6.45, 7) is 2.60. The van der Waals surface area contributed by atoms with Crippen LogP contribution in [0, 0.1) is 0 Å². The third-order valence-electron chi connectivity index (χ3n) is 8.77. The van der Waals surface area contributed by atoms with Gasteiger partial charge in [0.1, 0.15) is 0 Å². The van der Waals surface area contributed by atoms with Crippen LogP contribution in [-0.4, -0.2) is 51.7 Å². The normalized spacial score (nSPS) is 21.7.